The van der Waals surface area contributed by atoms with Crippen molar-refractivity contribution in [2.24, 2.45) is 0 Å². The highest BCUT2D eigenvalue weighted by atomic mass is 32.1. The number of para-hydroxylation sites is 1. The first kappa shape index (κ1) is 15.3. The molecule has 1 aliphatic heterocycles. The van der Waals surface area contributed by atoms with Crippen LogP contribution in [0.1, 0.15) is 36.0 Å². The molecule has 0 spiro atoms. The maximum absolute atomic E-state index is 12.9. The van der Waals surface area contributed by atoms with Crippen molar-refractivity contribution in [2.45, 2.75) is 38.8 Å². The summed E-state index contributed by atoms with van der Waals surface area (Å²) in [7, 11) is 0. The number of aryl methyl sites for hydroxylation is 1. The number of thiazole rings is 1. The van der Waals surface area contributed by atoms with E-state index in [1.54, 1.807) is 16.0 Å². The lowest BCUT2D eigenvalue weighted by atomic mass is 10.0. The molecule has 124 valence electrons. The number of fused-ring (bicyclic) bond motifs is 1. The van der Waals surface area contributed by atoms with Crippen LogP contribution in [0.2, 0.25) is 0 Å². The fourth-order valence-electron chi connectivity index (χ4n) is 3.27. The van der Waals surface area contributed by atoms with E-state index in [2.05, 4.69) is 20.7 Å². The zero-order chi connectivity index (χ0) is 16.5. The third-order valence-corrected chi connectivity index (χ3v) is 5.51. The number of rotatable bonds is 3. The molecule has 0 bridgehead atoms. The quantitative estimate of drug-likeness (QED) is 0.735. The Hall–Kier alpha value is -2.28. The number of hydrogen-bond acceptors (Lipinski definition) is 5. The summed E-state index contributed by atoms with van der Waals surface area (Å²) in [5.41, 5.74) is 2.73. The van der Waals surface area contributed by atoms with Crippen molar-refractivity contribution in [1.29, 1.82) is 0 Å². The standard InChI is InChI=1S/C17H19N5OS/c1-12-11-24-17(18-12)15-8-4-5-9-21(15)16(23)10-22-14-7-3-2-6-13(14)19-20-22/h2-3,6-7,11,15H,4-5,8-10H2,1H3/t15-/m1/s1. The molecule has 0 radical (unpaired) electrons. The monoisotopic (exact) mass is 341 g/mol. The van der Waals surface area contributed by atoms with E-state index >= 15 is 0 Å². The van der Waals surface area contributed by atoms with Crippen LogP contribution in [0, 0.1) is 6.92 Å². The van der Waals surface area contributed by atoms with E-state index < -0.39 is 0 Å². The molecule has 0 unspecified atom stereocenters. The van der Waals surface area contributed by atoms with Crippen LogP contribution in [-0.2, 0) is 11.3 Å². The van der Waals surface area contributed by atoms with E-state index in [-0.39, 0.29) is 18.5 Å². The van der Waals surface area contributed by atoms with Gasteiger partial charge in [-0.2, -0.15) is 0 Å². The van der Waals surface area contributed by atoms with Crippen LogP contribution in [0.25, 0.3) is 11.0 Å². The molecule has 6 nitrogen and oxygen atoms in total. The van der Waals surface area contributed by atoms with Gasteiger partial charge in [0.1, 0.15) is 17.1 Å². The Labute approximate surface area is 144 Å². The van der Waals surface area contributed by atoms with Gasteiger partial charge in [-0.15, -0.1) is 16.4 Å². The van der Waals surface area contributed by atoms with E-state index in [0.717, 1.165) is 47.5 Å². The van der Waals surface area contributed by atoms with Gasteiger partial charge in [0.25, 0.3) is 0 Å². The predicted molar refractivity (Wildman–Crippen MR) is 92.7 cm³/mol. The van der Waals surface area contributed by atoms with Crippen LogP contribution in [0.5, 0.6) is 0 Å². The normalized spacial score (nSPS) is 18.2. The number of hydrogen-bond donors (Lipinski definition) is 0. The van der Waals surface area contributed by atoms with E-state index in [1.165, 1.54) is 0 Å². The van der Waals surface area contributed by atoms with Gasteiger partial charge in [0.2, 0.25) is 5.91 Å². The number of likely N-dealkylation sites (tertiary alicyclic amines) is 1. The minimum Gasteiger partial charge on any atom is -0.332 e. The molecule has 0 saturated carbocycles. The Morgan fingerprint density at radius 1 is 1.33 bits per heavy atom. The molecular formula is C17H19N5OS. The van der Waals surface area contributed by atoms with Gasteiger partial charge >= 0.3 is 0 Å². The molecule has 1 saturated heterocycles. The zero-order valence-electron chi connectivity index (χ0n) is 13.6. The van der Waals surface area contributed by atoms with Gasteiger partial charge in [0.05, 0.1) is 11.6 Å². The molecule has 0 N–H and O–H groups in total. The number of nitrogens with zero attached hydrogens (tertiary/aromatic N) is 5. The third kappa shape index (κ3) is 2.80. The lowest BCUT2D eigenvalue weighted by Crippen LogP contribution is -2.40. The number of aromatic nitrogens is 4. The molecule has 3 aromatic rings. The van der Waals surface area contributed by atoms with Crippen LogP contribution < -0.4 is 0 Å². The highest BCUT2D eigenvalue weighted by Crippen LogP contribution is 2.33. The van der Waals surface area contributed by atoms with Crippen molar-refractivity contribution >= 4 is 28.3 Å². The van der Waals surface area contributed by atoms with Crippen molar-refractivity contribution in [1.82, 2.24) is 24.9 Å². The molecule has 1 aliphatic rings. The average molecular weight is 341 g/mol. The summed E-state index contributed by atoms with van der Waals surface area (Å²) in [4.78, 5) is 19.5. The van der Waals surface area contributed by atoms with E-state index in [1.807, 2.05) is 36.1 Å². The van der Waals surface area contributed by atoms with Crippen molar-refractivity contribution in [3.8, 4) is 0 Å². The Balaban J connectivity index is 1.57. The minimum absolute atomic E-state index is 0.0863. The first-order chi connectivity index (χ1) is 11.7. The van der Waals surface area contributed by atoms with Crippen LogP contribution in [0.4, 0.5) is 0 Å². The lowest BCUT2D eigenvalue weighted by molar-refractivity contribution is -0.135. The largest absolute Gasteiger partial charge is 0.332 e. The average Bonchev–Trinajstić information content (AvgIpc) is 3.22. The predicted octanol–water partition coefficient (Wildman–Crippen LogP) is 2.95. The Morgan fingerprint density at radius 2 is 2.21 bits per heavy atom. The summed E-state index contributed by atoms with van der Waals surface area (Å²) >= 11 is 1.65. The van der Waals surface area contributed by atoms with Crippen LogP contribution in [0.3, 0.4) is 0 Å². The number of amides is 1. The fraction of sp³-hybridized carbons (Fsp3) is 0.412. The second-order valence-electron chi connectivity index (χ2n) is 6.16. The SMILES string of the molecule is Cc1csc([C@H]2CCCCN2C(=O)Cn2nnc3ccccc32)n1. The van der Waals surface area contributed by atoms with Crippen molar-refractivity contribution < 1.29 is 4.79 Å². The van der Waals surface area contributed by atoms with Gasteiger partial charge < -0.3 is 4.90 Å². The molecule has 1 atom stereocenters. The Bertz CT molecular complexity index is 871. The van der Waals surface area contributed by atoms with Crippen LogP contribution >= 0.6 is 11.3 Å². The van der Waals surface area contributed by atoms with Gasteiger partial charge in [-0.3, -0.25) is 4.79 Å². The van der Waals surface area contributed by atoms with Crippen LogP contribution in [0.15, 0.2) is 29.6 Å². The zero-order valence-corrected chi connectivity index (χ0v) is 14.4. The second-order valence-corrected chi connectivity index (χ2v) is 7.05. The Morgan fingerprint density at radius 3 is 3.04 bits per heavy atom. The van der Waals surface area contributed by atoms with Gasteiger partial charge in [-0.25, -0.2) is 9.67 Å². The molecule has 2 aromatic heterocycles. The molecular weight excluding hydrogens is 322 g/mol. The number of carbonyl (C=O) groups is 1. The van der Waals surface area contributed by atoms with E-state index in [9.17, 15) is 4.79 Å². The van der Waals surface area contributed by atoms with E-state index in [0.29, 0.717) is 0 Å². The summed E-state index contributed by atoms with van der Waals surface area (Å²) in [5, 5.41) is 11.4. The van der Waals surface area contributed by atoms with Gasteiger partial charge in [-0.05, 0) is 38.3 Å². The summed E-state index contributed by atoms with van der Waals surface area (Å²) in [5.74, 6) is 0.0863. The summed E-state index contributed by atoms with van der Waals surface area (Å²) < 4.78 is 1.69. The second kappa shape index (κ2) is 6.32. The number of piperidine rings is 1. The van der Waals surface area contributed by atoms with Crippen molar-refractivity contribution in [3.05, 3.63) is 40.3 Å². The summed E-state index contributed by atoms with van der Waals surface area (Å²) in [6.07, 6.45) is 3.17. The minimum atomic E-state index is 0.0863. The van der Waals surface area contributed by atoms with Crippen LogP contribution in [-0.4, -0.2) is 37.3 Å². The third-order valence-electron chi connectivity index (χ3n) is 4.45. The first-order valence-corrected chi connectivity index (χ1v) is 9.10. The number of carbonyl (C=O) groups excluding carboxylic acids is 1. The van der Waals surface area contributed by atoms with E-state index in [4.69, 9.17) is 0 Å². The molecule has 3 heterocycles. The van der Waals surface area contributed by atoms with Gasteiger partial charge in [0.15, 0.2) is 0 Å². The highest BCUT2D eigenvalue weighted by Gasteiger charge is 2.30. The first-order valence-electron chi connectivity index (χ1n) is 8.22. The topological polar surface area (TPSA) is 63.9 Å². The highest BCUT2D eigenvalue weighted by molar-refractivity contribution is 7.09. The smallest absolute Gasteiger partial charge is 0.244 e. The summed E-state index contributed by atoms with van der Waals surface area (Å²) in [6.45, 7) is 3.01. The molecule has 4 rings (SSSR count). The molecule has 1 fully saturated rings. The fourth-order valence-corrected chi connectivity index (χ4v) is 4.21. The van der Waals surface area contributed by atoms with Crippen molar-refractivity contribution in [3.63, 3.8) is 0 Å². The van der Waals surface area contributed by atoms with Gasteiger partial charge in [-0.1, -0.05) is 17.3 Å². The lowest BCUT2D eigenvalue weighted by Gasteiger charge is -2.34. The van der Waals surface area contributed by atoms with Crippen molar-refractivity contribution in [2.75, 3.05) is 6.54 Å². The number of benzene rings is 1. The Kier molecular flexibility index (Phi) is 4.02. The molecule has 1 aromatic carbocycles. The molecule has 24 heavy (non-hydrogen) atoms. The molecule has 1 amide bonds. The maximum atomic E-state index is 12.9. The molecule has 7 heteroatoms. The molecule has 0 aliphatic carbocycles. The maximum Gasteiger partial charge on any atom is 0.244 e. The van der Waals surface area contributed by atoms with Gasteiger partial charge in [0, 0.05) is 17.6 Å². The summed E-state index contributed by atoms with van der Waals surface area (Å²) in [6, 6.07) is 7.81.